The molecule has 158 valence electrons. The molecule has 0 saturated carbocycles. The van der Waals surface area contributed by atoms with Crippen LogP contribution in [0, 0.1) is 6.92 Å². The van der Waals surface area contributed by atoms with Crippen LogP contribution in [0.3, 0.4) is 0 Å². The Labute approximate surface area is 178 Å². The number of benzene rings is 1. The Morgan fingerprint density at radius 2 is 1.90 bits per heavy atom. The highest BCUT2D eigenvalue weighted by molar-refractivity contribution is 7.20. The number of anilines is 2. The van der Waals surface area contributed by atoms with Crippen molar-refractivity contribution in [3.63, 3.8) is 0 Å². The van der Waals surface area contributed by atoms with Crippen LogP contribution >= 0.6 is 11.3 Å². The van der Waals surface area contributed by atoms with Gasteiger partial charge in [-0.05, 0) is 37.1 Å². The van der Waals surface area contributed by atoms with Gasteiger partial charge in [0.15, 0.2) is 0 Å². The van der Waals surface area contributed by atoms with E-state index in [0.29, 0.717) is 40.0 Å². The molecule has 0 fully saturated rings. The molecule has 0 unspecified atom stereocenters. The number of carbonyl (C=O) groups excluding carboxylic acids is 2. The molecule has 8 nitrogen and oxygen atoms in total. The number of nitrogens with zero attached hydrogens (tertiary/aromatic N) is 2. The third-order valence-corrected chi connectivity index (χ3v) is 5.41. The van der Waals surface area contributed by atoms with Crippen LogP contribution in [0.4, 0.5) is 11.5 Å². The topological polar surface area (TPSA) is 99.6 Å². The maximum atomic E-state index is 12.4. The third-order valence-electron chi connectivity index (χ3n) is 4.23. The van der Waals surface area contributed by atoms with Crippen molar-refractivity contribution in [2.24, 2.45) is 0 Å². The normalized spacial score (nSPS) is 10.8. The van der Waals surface area contributed by atoms with E-state index in [1.54, 1.807) is 25.3 Å². The van der Waals surface area contributed by atoms with Gasteiger partial charge < -0.3 is 19.5 Å². The van der Waals surface area contributed by atoms with Crippen LogP contribution in [0.5, 0.6) is 0 Å². The fourth-order valence-corrected chi connectivity index (χ4v) is 3.83. The Kier molecular flexibility index (Phi) is 7.31. The third kappa shape index (κ3) is 4.92. The number of ether oxygens (including phenoxy) is 3. The molecule has 3 aromatic rings. The van der Waals surface area contributed by atoms with Crippen LogP contribution in [0.2, 0.25) is 0 Å². The summed E-state index contributed by atoms with van der Waals surface area (Å²) in [5, 5.41) is 3.96. The standard InChI is InChI=1S/C21H23N3O5S/c1-4-8-28-20(25)14-6-5-7-15(11-14)24-18-16-13(2)17(21(26)29-10-9-27-3)30-19(16)23-12-22-18/h5-7,11-12H,4,8-10H2,1-3H3,(H,22,23,24). The van der Waals surface area contributed by atoms with E-state index in [4.69, 9.17) is 14.2 Å². The van der Waals surface area contributed by atoms with E-state index in [2.05, 4.69) is 15.3 Å². The molecule has 9 heteroatoms. The average molecular weight is 429 g/mol. The molecule has 0 atom stereocenters. The van der Waals surface area contributed by atoms with Crippen LogP contribution < -0.4 is 5.32 Å². The Morgan fingerprint density at radius 1 is 1.10 bits per heavy atom. The van der Waals surface area contributed by atoms with Gasteiger partial charge in [0, 0.05) is 12.8 Å². The molecule has 0 bridgehead atoms. The second-order valence-corrected chi connectivity index (χ2v) is 7.43. The van der Waals surface area contributed by atoms with Gasteiger partial charge in [0.2, 0.25) is 0 Å². The van der Waals surface area contributed by atoms with Gasteiger partial charge in [-0.2, -0.15) is 0 Å². The molecular formula is C21H23N3O5S. The van der Waals surface area contributed by atoms with E-state index in [-0.39, 0.29) is 12.6 Å². The lowest BCUT2D eigenvalue weighted by Gasteiger charge is -2.09. The zero-order valence-electron chi connectivity index (χ0n) is 17.1. The summed E-state index contributed by atoms with van der Waals surface area (Å²) >= 11 is 1.25. The van der Waals surface area contributed by atoms with E-state index >= 15 is 0 Å². The summed E-state index contributed by atoms with van der Waals surface area (Å²) in [7, 11) is 1.55. The molecule has 0 aliphatic carbocycles. The molecule has 2 aromatic heterocycles. The maximum absolute atomic E-state index is 12.4. The minimum atomic E-state index is -0.417. The van der Waals surface area contributed by atoms with Gasteiger partial charge in [-0.25, -0.2) is 19.6 Å². The fourth-order valence-electron chi connectivity index (χ4n) is 2.78. The molecule has 0 aliphatic rings. The fraction of sp³-hybridized carbons (Fsp3) is 0.333. The van der Waals surface area contributed by atoms with Gasteiger partial charge in [-0.15, -0.1) is 11.3 Å². The predicted octanol–water partition coefficient (Wildman–Crippen LogP) is 4.11. The van der Waals surface area contributed by atoms with E-state index in [1.165, 1.54) is 17.7 Å². The summed E-state index contributed by atoms with van der Waals surface area (Å²) in [5.41, 5.74) is 1.86. The molecular weight excluding hydrogens is 406 g/mol. The quantitative estimate of drug-likeness (QED) is 0.401. The van der Waals surface area contributed by atoms with Crippen LogP contribution in [-0.2, 0) is 14.2 Å². The zero-order chi connectivity index (χ0) is 21.5. The van der Waals surface area contributed by atoms with Crippen molar-refractivity contribution in [1.29, 1.82) is 0 Å². The molecule has 30 heavy (non-hydrogen) atoms. The molecule has 0 spiro atoms. The van der Waals surface area contributed by atoms with Gasteiger partial charge in [-0.3, -0.25) is 0 Å². The van der Waals surface area contributed by atoms with Crippen molar-refractivity contribution in [3.8, 4) is 0 Å². The van der Waals surface area contributed by atoms with Crippen LogP contribution in [-0.4, -0.2) is 48.8 Å². The molecule has 3 rings (SSSR count). The molecule has 1 aromatic carbocycles. The number of methoxy groups -OCH3 is 1. The minimum Gasteiger partial charge on any atom is -0.462 e. The van der Waals surface area contributed by atoms with Crippen molar-refractivity contribution in [3.05, 3.63) is 46.6 Å². The molecule has 0 radical (unpaired) electrons. The van der Waals surface area contributed by atoms with Crippen molar-refractivity contribution in [2.45, 2.75) is 20.3 Å². The summed E-state index contributed by atoms with van der Waals surface area (Å²) in [5.74, 6) is -0.246. The highest BCUT2D eigenvalue weighted by atomic mass is 32.1. The second-order valence-electron chi connectivity index (χ2n) is 6.43. The number of aryl methyl sites for hydroxylation is 1. The summed E-state index contributed by atoms with van der Waals surface area (Å²) in [6.45, 7) is 4.66. The number of aromatic nitrogens is 2. The van der Waals surface area contributed by atoms with E-state index in [0.717, 1.165) is 17.4 Å². The average Bonchev–Trinajstić information content (AvgIpc) is 3.10. The molecule has 0 aliphatic heterocycles. The van der Waals surface area contributed by atoms with Crippen LogP contribution in [0.25, 0.3) is 10.2 Å². The molecule has 0 amide bonds. The first-order valence-electron chi connectivity index (χ1n) is 9.49. The van der Waals surface area contributed by atoms with Gasteiger partial charge in [-0.1, -0.05) is 13.0 Å². The summed E-state index contributed by atoms with van der Waals surface area (Å²) in [4.78, 5) is 34.3. The van der Waals surface area contributed by atoms with E-state index in [1.807, 2.05) is 19.9 Å². The molecule has 2 heterocycles. The number of carbonyl (C=O) groups is 2. The summed E-state index contributed by atoms with van der Waals surface area (Å²) in [6, 6.07) is 6.99. The number of hydrogen-bond acceptors (Lipinski definition) is 9. The molecule has 1 N–H and O–H groups in total. The number of hydrogen-bond donors (Lipinski definition) is 1. The van der Waals surface area contributed by atoms with Crippen molar-refractivity contribution in [1.82, 2.24) is 9.97 Å². The Hall–Kier alpha value is -3.04. The maximum Gasteiger partial charge on any atom is 0.348 e. The Balaban J connectivity index is 1.87. The van der Waals surface area contributed by atoms with E-state index < -0.39 is 5.97 Å². The zero-order valence-corrected chi connectivity index (χ0v) is 17.9. The van der Waals surface area contributed by atoms with Gasteiger partial charge in [0.1, 0.15) is 28.5 Å². The Bertz CT molecular complexity index is 1050. The largest absolute Gasteiger partial charge is 0.462 e. The van der Waals surface area contributed by atoms with Gasteiger partial charge >= 0.3 is 11.9 Å². The lowest BCUT2D eigenvalue weighted by Crippen LogP contribution is -2.09. The smallest absolute Gasteiger partial charge is 0.348 e. The first kappa shape index (κ1) is 21.7. The minimum absolute atomic E-state index is 0.181. The molecule has 0 saturated heterocycles. The lowest BCUT2D eigenvalue weighted by molar-refractivity contribution is 0.0392. The number of esters is 2. The number of fused-ring (bicyclic) bond motifs is 1. The summed E-state index contributed by atoms with van der Waals surface area (Å²) in [6.07, 6.45) is 2.19. The second kappa shape index (κ2) is 10.1. The van der Waals surface area contributed by atoms with Crippen LogP contribution in [0.15, 0.2) is 30.6 Å². The lowest BCUT2D eigenvalue weighted by atomic mass is 10.1. The SMILES string of the molecule is CCCOC(=O)c1cccc(Nc2ncnc3sc(C(=O)OCCOC)c(C)c23)c1. The van der Waals surface area contributed by atoms with Crippen molar-refractivity contribution < 1.29 is 23.8 Å². The highest BCUT2D eigenvalue weighted by Crippen LogP contribution is 2.34. The first-order valence-corrected chi connectivity index (χ1v) is 10.3. The predicted molar refractivity (Wildman–Crippen MR) is 115 cm³/mol. The summed E-state index contributed by atoms with van der Waals surface area (Å²) < 4.78 is 15.3. The number of thiophene rings is 1. The van der Waals surface area contributed by atoms with E-state index in [9.17, 15) is 9.59 Å². The Morgan fingerprint density at radius 3 is 2.67 bits per heavy atom. The monoisotopic (exact) mass is 429 g/mol. The number of nitrogens with one attached hydrogen (secondary N) is 1. The van der Waals surface area contributed by atoms with Gasteiger partial charge in [0.05, 0.1) is 24.2 Å². The van der Waals surface area contributed by atoms with Gasteiger partial charge in [0.25, 0.3) is 0 Å². The van der Waals surface area contributed by atoms with Crippen molar-refractivity contribution >= 4 is 45.0 Å². The van der Waals surface area contributed by atoms with Crippen LogP contribution in [0.1, 0.15) is 38.9 Å². The number of rotatable bonds is 9. The first-order chi connectivity index (χ1) is 14.5. The highest BCUT2D eigenvalue weighted by Gasteiger charge is 2.20. The van der Waals surface area contributed by atoms with Crippen molar-refractivity contribution in [2.75, 3.05) is 32.2 Å².